The Bertz CT molecular complexity index is 1590. The van der Waals surface area contributed by atoms with Gasteiger partial charge in [0.05, 0.1) is 43.2 Å². The van der Waals surface area contributed by atoms with Crippen LogP contribution in [0.3, 0.4) is 0 Å². The number of quaternary nitrogens is 1. The van der Waals surface area contributed by atoms with Crippen molar-refractivity contribution in [1.29, 1.82) is 0 Å². The number of nitrogens with one attached hydrogen (secondary N) is 1. The number of hydrogen-bond acceptors (Lipinski definition) is 12. The van der Waals surface area contributed by atoms with E-state index in [-0.39, 0.29) is 29.5 Å². The number of carbonyl (C=O) groups excluding carboxylic acids is 3. The largest absolute Gasteiger partial charge is 2.00 e. The number of aliphatic carboxylic acids is 3. The zero-order chi connectivity index (χ0) is 52.2. The normalized spacial score (nSPS) is 15.8. The molecule has 0 aromatic heterocycles. The van der Waals surface area contributed by atoms with Gasteiger partial charge in [-0.05, 0) is 70.6 Å². The molecule has 0 fully saturated rings. The van der Waals surface area contributed by atoms with Crippen molar-refractivity contribution in [2.75, 3.05) is 6.54 Å². The van der Waals surface area contributed by atoms with E-state index < -0.39 is 66.5 Å². The molecule has 0 saturated heterocycles. The van der Waals surface area contributed by atoms with Crippen molar-refractivity contribution < 1.29 is 66.1 Å². The van der Waals surface area contributed by atoms with Crippen molar-refractivity contribution in [3.05, 3.63) is 158 Å². The maximum Gasteiger partial charge on any atom is 2.00 e. The number of unbranched alkanes of at least 4 members (excludes halogenated alkanes) is 2. The Morgan fingerprint density at radius 3 is 1.25 bits per heavy atom. The van der Waals surface area contributed by atoms with Gasteiger partial charge < -0.3 is 78.7 Å². The molecule has 0 aliphatic heterocycles. The monoisotopic (exact) mass is 977 g/mol. The number of hydrogen-bond donors (Lipinski definition) is 7. The third-order valence-corrected chi connectivity index (χ3v) is 8.54. The van der Waals surface area contributed by atoms with Gasteiger partial charge in [0.15, 0.2) is 0 Å². The van der Waals surface area contributed by atoms with Gasteiger partial charge in [0.2, 0.25) is 0 Å². The van der Waals surface area contributed by atoms with Crippen LogP contribution in [0.15, 0.2) is 146 Å². The zero-order valence-electron chi connectivity index (χ0n) is 41.6. The molecule has 0 bridgehead atoms. The molecule has 0 spiro atoms. The van der Waals surface area contributed by atoms with E-state index in [4.69, 9.17) is 5.73 Å². The van der Waals surface area contributed by atoms with Gasteiger partial charge in [-0.1, -0.05) is 186 Å². The van der Waals surface area contributed by atoms with Crippen molar-refractivity contribution in [1.82, 2.24) is 0 Å². The molecule has 0 heterocycles. The summed E-state index contributed by atoms with van der Waals surface area (Å²) in [5.41, 5.74) is 10.0. The van der Waals surface area contributed by atoms with E-state index in [1.54, 1.807) is 79.0 Å². The molecular formula is C54H84MgN2O12-2. The van der Waals surface area contributed by atoms with E-state index in [9.17, 15) is 60.3 Å². The molecule has 386 valence electrons. The van der Waals surface area contributed by atoms with Crippen LogP contribution in [0.25, 0.3) is 5.73 Å². The van der Waals surface area contributed by atoms with Gasteiger partial charge in [-0.3, -0.25) is 0 Å². The summed E-state index contributed by atoms with van der Waals surface area (Å²) in [7, 11) is 0. The summed E-state index contributed by atoms with van der Waals surface area (Å²) in [5.74, 6) is -4.01. The van der Waals surface area contributed by atoms with Gasteiger partial charge >= 0.3 is 23.1 Å². The van der Waals surface area contributed by atoms with Crippen molar-refractivity contribution in [3.63, 3.8) is 0 Å². The number of carbonyl (C=O) groups is 3. The average molecular weight is 978 g/mol. The van der Waals surface area contributed by atoms with Crippen LogP contribution in [-0.2, 0) is 14.4 Å². The molecule has 8 atom stereocenters. The minimum Gasteiger partial charge on any atom is -0.670 e. The molecule has 0 rings (SSSR count). The molecule has 10 N–H and O–H groups in total. The van der Waals surface area contributed by atoms with E-state index in [1.807, 2.05) is 68.5 Å². The van der Waals surface area contributed by atoms with Gasteiger partial charge in [-0.15, -0.1) is 12.0 Å². The van der Waals surface area contributed by atoms with E-state index in [1.165, 1.54) is 13.0 Å². The molecule has 0 aromatic rings. The van der Waals surface area contributed by atoms with Crippen molar-refractivity contribution in [3.8, 4) is 0 Å². The Labute approximate surface area is 429 Å². The molecule has 14 nitrogen and oxygen atoms in total. The average Bonchev–Trinajstić information content (AvgIpc) is 3.29. The molecule has 0 aliphatic carbocycles. The molecule has 0 radical (unpaired) electrons. The van der Waals surface area contributed by atoms with Gasteiger partial charge in [-0.2, -0.15) is 0 Å². The first-order valence-electron chi connectivity index (χ1n) is 23.4. The number of carboxylic acid groups (broad SMARTS) is 3. The maximum absolute atomic E-state index is 10.2. The quantitative estimate of drug-likeness (QED) is 0.0162. The third kappa shape index (κ3) is 61.7. The summed E-state index contributed by atoms with van der Waals surface area (Å²) in [6.45, 7) is 11.7. The van der Waals surface area contributed by atoms with Crippen LogP contribution in [0.1, 0.15) is 111 Å². The molecule has 0 aliphatic rings. The summed E-state index contributed by atoms with van der Waals surface area (Å²) in [6.07, 6.45) is 47.2. The van der Waals surface area contributed by atoms with E-state index in [2.05, 4.69) is 25.7 Å². The number of carboxylic acids is 3. The standard InChI is InChI=1S/C22H32O5.C22H34O3.C7H14NO2.C3H6NO2.Mg/c1-2-3-9-16-20(24)21(25)17-12-7-5-4-6-10-14-19(23)15-11-8-13-18-22(26)27;1-3-5-7-13-16-20(23)17-14-10-8-9-11-15-19-22(25)21(24)18-12-6-4-2;1-6(7(9)10)4-2-3-5-8;1-2(4)3(5)6;/h3-12,14,17,19-21,23-25H,2,13,15-16,18H2,1H3,(H,26,27);6-15,17,19-25H,3-5,16,18H2,1-2H3;6H,1-5,8H2,(H,9,10);2,4H,1H3,(H,5,6);/q;;2*-1;+2/p-2/b6-4-,7-5+,9-3-,11-8-,14-10+,17-12+;10-8-,11-9+,12-6-,13-7-,17-14+,19-15+;;;/t19-,20+,21-;20-,21-,22+;6-;2-;/m1000./s1. The zero-order valence-corrected chi connectivity index (χ0v) is 43.0. The summed E-state index contributed by atoms with van der Waals surface area (Å²) in [5, 5.41) is 88.1. The molecule has 0 amide bonds. The van der Waals surface area contributed by atoms with Crippen LogP contribution >= 0.6 is 0 Å². The van der Waals surface area contributed by atoms with Gasteiger partial charge in [0.1, 0.15) is 0 Å². The minimum absolute atomic E-state index is 0. The van der Waals surface area contributed by atoms with Crippen molar-refractivity contribution in [2.24, 2.45) is 5.92 Å². The number of aliphatic hydroxyl groups is 6. The fourth-order valence-electron chi connectivity index (χ4n) is 4.51. The third-order valence-electron chi connectivity index (χ3n) is 8.54. The molecular weight excluding hydrogens is 893 g/mol. The van der Waals surface area contributed by atoms with Crippen LogP contribution in [-0.4, -0.2) is 121 Å². The summed E-state index contributed by atoms with van der Waals surface area (Å²) in [4.78, 5) is 29.7. The van der Waals surface area contributed by atoms with E-state index >= 15 is 0 Å². The molecule has 0 unspecified atom stereocenters. The number of rotatable bonds is 33. The van der Waals surface area contributed by atoms with Crippen LogP contribution in [0.4, 0.5) is 0 Å². The Hall–Kier alpha value is -4.26. The first-order valence-corrected chi connectivity index (χ1v) is 23.4. The molecule has 69 heavy (non-hydrogen) atoms. The first-order chi connectivity index (χ1) is 32.4. The van der Waals surface area contributed by atoms with Crippen molar-refractivity contribution >= 4 is 41.0 Å². The Balaban J connectivity index is -0.000000298. The predicted octanol–water partition coefficient (Wildman–Crippen LogP) is 3.92. The Morgan fingerprint density at radius 1 is 0.551 bits per heavy atom. The minimum atomic E-state index is -1.32. The second-order valence-electron chi connectivity index (χ2n) is 15.1. The number of aliphatic hydroxyl groups excluding tert-OH is 6. The second kappa shape index (κ2) is 56.3. The summed E-state index contributed by atoms with van der Waals surface area (Å²) >= 11 is 0. The fourth-order valence-corrected chi connectivity index (χ4v) is 4.51. The molecule has 0 aromatic carbocycles. The Kier molecular flexibility index (Phi) is 60.2. The first kappa shape index (κ1) is 73.7. The topological polar surface area (TPSA) is 293 Å². The summed E-state index contributed by atoms with van der Waals surface area (Å²) < 4.78 is 0. The van der Waals surface area contributed by atoms with E-state index in [0.717, 1.165) is 45.1 Å². The van der Waals surface area contributed by atoms with Gasteiger partial charge in [0, 0.05) is 17.9 Å². The maximum atomic E-state index is 10.2. The SMILES string of the molecule is CC/C=C\C[C@H](O)[C@H](O)/C=C/C=C/C=C\C=C\[C@@H](O)C/C=C\CCC.CC/C=C\C[C@H](O)[C@H](O)/C=C/C=C/C=C\C=C\[C@@H](O)C/C=C\CCC(=O)[O-].C[C@H]([NH-])C(=O)[O-].[CH2-][C@@H](CCCC[NH3+])C(=O)[O-].[Mg+2]. The molecule has 0 saturated carbocycles. The summed E-state index contributed by atoms with van der Waals surface area (Å²) in [6, 6.07) is -1.09. The fraction of sp³-hybridized carbons (Fsp3) is 0.481. The van der Waals surface area contributed by atoms with Crippen molar-refractivity contribution in [2.45, 2.75) is 154 Å². The molecule has 15 heteroatoms. The Morgan fingerprint density at radius 2 is 0.913 bits per heavy atom. The smallest absolute Gasteiger partial charge is 0.670 e. The number of allylic oxidation sites excluding steroid dienone is 16. The van der Waals surface area contributed by atoms with E-state index in [0.29, 0.717) is 38.5 Å². The van der Waals surface area contributed by atoms with Crippen LogP contribution in [0, 0.1) is 12.8 Å². The van der Waals surface area contributed by atoms with Crippen LogP contribution in [0.2, 0.25) is 0 Å². The van der Waals surface area contributed by atoms with Crippen LogP contribution in [0.5, 0.6) is 0 Å². The predicted molar refractivity (Wildman–Crippen MR) is 274 cm³/mol. The van der Waals surface area contributed by atoms with Gasteiger partial charge in [0.25, 0.3) is 0 Å². The van der Waals surface area contributed by atoms with Gasteiger partial charge in [-0.25, -0.2) is 0 Å². The second-order valence-corrected chi connectivity index (χ2v) is 15.1. The van der Waals surface area contributed by atoms with Crippen LogP contribution < -0.4 is 21.1 Å².